The van der Waals surface area contributed by atoms with Crippen molar-refractivity contribution in [3.8, 4) is 0 Å². The van der Waals surface area contributed by atoms with Crippen LogP contribution < -0.4 is 5.73 Å². The highest BCUT2D eigenvalue weighted by Gasteiger charge is 2.47. The van der Waals surface area contributed by atoms with Crippen LogP contribution in [-0.4, -0.2) is 12.2 Å². The van der Waals surface area contributed by atoms with Crippen molar-refractivity contribution < 1.29 is 9.13 Å². The van der Waals surface area contributed by atoms with Gasteiger partial charge in [0.1, 0.15) is 5.82 Å². The average Bonchev–Trinajstić information content (AvgIpc) is 2.40. The molecule has 1 aromatic rings. The van der Waals surface area contributed by atoms with E-state index in [0.29, 0.717) is 11.5 Å². The minimum absolute atomic E-state index is 0.0762. The van der Waals surface area contributed by atoms with Crippen LogP contribution in [0.2, 0.25) is 0 Å². The minimum Gasteiger partial charge on any atom is -0.375 e. The van der Waals surface area contributed by atoms with Crippen molar-refractivity contribution >= 4 is 0 Å². The third-order valence-corrected chi connectivity index (χ3v) is 5.40. The summed E-state index contributed by atoms with van der Waals surface area (Å²) in [7, 11) is 0. The van der Waals surface area contributed by atoms with E-state index in [1.54, 1.807) is 13.0 Å². The summed E-state index contributed by atoms with van der Waals surface area (Å²) < 4.78 is 19.8. The average molecular weight is 277 g/mol. The van der Waals surface area contributed by atoms with E-state index in [1.807, 2.05) is 19.1 Å². The maximum atomic E-state index is 13.8. The molecule has 1 heterocycles. The first-order chi connectivity index (χ1) is 9.43. The zero-order valence-corrected chi connectivity index (χ0v) is 12.4. The summed E-state index contributed by atoms with van der Waals surface area (Å²) in [5, 5.41) is 0. The summed E-state index contributed by atoms with van der Waals surface area (Å²) in [6.07, 6.45) is 5.54. The van der Waals surface area contributed by atoms with E-state index in [0.717, 1.165) is 37.9 Å². The molecule has 1 aliphatic carbocycles. The molecule has 1 spiro atoms. The Labute approximate surface area is 120 Å². The van der Waals surface area contributed by atoms with Gasteiger partial charge in [0.2, 0.25) is 0 Å². The van der Waals surface area contributed by atoms with Gasteiger partial charge in [0.15, 0.2) is 0 Å². The van der Waals surface area contributed by atoms with E-state index < -0.39 is 5.54 Å². The Bertz CT molecular complexity index is 508. The Morgan fingerprint density at radius 1 is 1.40 bits per heavy atom. The molecular formula is C17H24FNO. The highest BCUT2D eigenvalue weighted by molar-refractivity contribution is 5.29. The maximum absolute atomic E-state index is 13.8. The molecule has 20 heavy (non-hydrogen) atoms. The van der Waals surface area contributed by atoms with E-state index in [2.05, 4.69) is 0 Å². The van der Waals surface area contributed by atoms with Crippen LogP contribution in [0.1, 0.15) is 50.2 Å². The van der Waals surface area contributed by atoms with Crippen LogP contribution in [0.4, 0.5) is 4.39 Å². The minimum atomic E-state index is -0.485. The van der Waals surface area contributed by atoms with Crippen molar-refractivity contribution in [2.24, 2.45) is 11.7 Å². The molecule has 2 nitrogen and oxygen atoms in total. The number of nitrogens with two attached hydrogens (primary N) is 1. The number of hydrogen-bond acceptors (Lipinski definition) is 2. The number of benzene rings is 1. The lowest BCUT2D eigenvalue weighted by molar-refractivity contribution is -0.151. The van der Waals surface area contributed by atoms with Crippen molar-refractivity contribution in [3.63, 3.8) is 0 Å². The molecule has 3 rings (SSSR count). The Morgan fingerprint density at radius 2 is 2.15 bits per heavy atom. The quantitative estimate of drug-likeness (QED) is 0.895. The van der Waals surface area contributed by atoms with Crippen molar-refractivity contribution in [1.29, 1.82) is 0 Å². The smallest absolute Gasteiger partial charge is 0.126 e. The standard InChI is InChI=1S/C17H24FNO/c1-12-4-5-13(10-15(12)18)16(2,19)14-6-9-20-17(11-14)7-3-8-17/h4-5,10,14H,3,6-9,11,19H2,1-2H3. The number of aryl methyl sites for hydroxylation is 1. The molecule has 0 amide bonds. The van der Waals surface area contributed by atoms with Crippen molar-refractivity contribution in [2.45, 2.75) is 57.1 Å². The lowest BCUT2D eigenvalue weighted by Gasteiger charge is -2.50. The summed E-state index contributed by atoms with van der Waals surface area (Å²) in [5.74, 6) is 0.197. The second-order valence-corrected chi connectivity index (χ2v) is 6.82. The highest BCUT2D eigenvalue weighted by Crippen LogP contribution is 2.48. The Balaban J connectivity index is 1.84. The number of halogens is 1. The largest absolute Gasteiger partial charge is 0.375 e. The molecule has 2 N–H and O–H groups in total. The van der Waals surface area contributed by atoms with Crippen molar-refractivity contribution in [1.82, 2.24) is 0 Å². The fourth-order valence-corrected chi connectivity index (χ4v) is 3.62. The van der Waals surface area contributed by atoms with E-state index in [4.69, 9.17) is 10.5 Å². The molecule has 1 saturated heterocycles. The van der Waals surface area contributed by atoms with Crippen LogP contribution in [0.5, 0.6) is 0 Å². The van der Waals surface area contributed by atoms with E-state index in [1.165, 1.54) is 6.42 Å². The molecule has 1 aromatic carbocycles. The van der Waals surface area contributed by atoms with Crippen LogP contribution in [0.3, 0.4) is 0 Å². The third kappa shape index (κ3) is 2.27. The van der Waals surface area contributed by atoms with Crippen molar-refractivity contribution in [3.05, 3.63) is 35.1 Å². The van der Waals surface area contributed by atoms with Gasteiger partial charge < -0.3 is 10.5 Å². The zero-order chi connectivity index (χ0) is 14.4. The SMILES string of the molecule is Cc1ccc(C(C)(N)C2CCOC3(CCC3)C2)cc1F. The predicted octanol–water partition coefficient (Wildman–Crippen LogP) is 3.66. The van der Waals surface area contributed by atoms with Crippen LogP contribution in [0, 0.1) is 18.7 Å². The molecule has 110 valence electrons. The van der Waals surface area contributed by atoms with E-state index >= 15 is 0 Å². The predicted molar refractivity (Wildman–Crippen MR) is 77.9 cm³/mol. The van der Waals surface area contributed by atoms with Crippen molar-refractivity contribution in [2.75, 3.05) is 6.61 Å². The topological polar surface area (TPSA) is 35.2 Å². The first kappa shape index (κ1) is 14.0. The molecule has 2 aliphatic rings. The van der Waals surface area contributed by atoms with Gasteiger partial charge in [-0.05, 0) is 69.1 Å². The van der Waals surface area contributed by atoms with Crippen LogP contribution in [0.15, 0.2) is 18.2 Å². The summed E-state index contributed by atoms with van der Waals surface area (Å²) in [6, 6.07) is 5.41. The molecule has 2 atom stereocenters. The lowest BCUT2D eigenvalue weighted by atomic mass is 9.66. The van der Waals surface area contributed by atoms with E-state index in [-0.39, 0.29) is 11.4 Å². The van der Waals surface area contributed by atoms with Gasteiger partial charge in [-0.15, -0.1) is 0 Å². The van der Waals surface area contributed by atoms with Crippen LogP contribution in [0.25, 0.3) is 0 Å². The van der Waals surface area contributed by atoms with Gasteiger partial charge in [-0.2, -0.15) is 0 Å². The first-order valence-corrected chi connectivity index (χ1v) is 7.62. The van der Waals surface area contributed by atoms with Crippen LogP contribution in [-0.2, 0) is 10.3 Å². The fourth-order valence-electron chi connectivity index (χ4n) is 3.62. The van der Waals surface area contributed by atoms with Crippen LogP contribution >= 0.6 is 0 Å². The van der Waals surface area contributed by atoms with Gasteiger partial charge in [-0.3, -0.25) is 0 Å². The van der Waals surface area contributed by atoms with E-state index in [9.17, 15) is 4.39 Å². The normalized spacial score (nSPS) is 27.9. The second kappa shape index (κ2) is 4.81. The molecule has 2 unspecified atom stereocenters. The first-order valence-electron chi connectivity index (χ1n) is 7.62. The van der Waals surface area contributed by atoms with Gasteiger partial charge in [0, 0.05) is 12.1 Å². The Kier molecular flexibility index (Phi) is 3.38. The summed E-state index contributed by atoms with van der Waals surface area (Å²) in [6.45, 7) is 4.61. The summed E-state index contributed by atoms with van der Waals surface area (Å²) in [5.41, 5.74) is 7.78. The number of ether oxygens (including phenoxy) is 1. The monoisotopic (exact) mass is 277 g/mol. The number of hydrogen-bond donors (Lipinski definition) is 1. The molecule has 2 fully saturated rings. The van der Waals surface area contributed by atoms with Gasteiger partial charge in [-0.1, -0.05) is 12.1 Å². The summed E-state index contributed by atoms with van der Waals surface area (Å²) >= 11 is 0. The molecule has 3 heteroatoms. The van der Waals surface area contributed by atoms with Gasteiger partial charge >= 0.3 is 0 Å². The molecule has 1 aliphatic heterocycles. The number of rotatable bonds is 2. The van der Waals surface area contributed by atoms with Gasteiger partial charge in [0.25, 0.3) is 0 Å². The molecule has 0 radical (unpaired) electrons. The Morgan fingerprint density at radius 3 is 2.75 bits per heavy atom. The molecular weight excluding hydrogens is 253 g/mol. The molecule has 1 saturated carbocycles. The Hall–Kier alpha value is -0.930. The third-order valence-electron chi connectivity index (χ3n) is 5.40. The highest BCUT2D eigenvalue weighted by atomic mass is 19.1. The molecule has 0 bridgehead atoms. The zero-order valence-electron chi connectivity index (χ0n) is 12.4. The second-order valence-electron chi connectivity index (χ2n) is 6.82. The summed E-state index contributed by atoms with van der Waals surface area (Å²) in [4.78, 5) is 0. The lowest BCUT2D eigenvalue weighted by Crippen LogP contribution is -2.52. The van der Waals surface area contributed by atoms with Gasteiger partial charge in [-0.25, -0.2) is 4.39 Å². The fraction of sp³-hybridized carbons (Fsp3) is 0.647. The maximum Gasteiger partial charge on any atom is 0.126 e. The molecule has 0 aromatic heterocycles. The van der Waals surface area contributed by atoms with Gasteiger partial charge in [0.05, 0.1) is 5.60 Å².